The molecule has 0 radical (unpaired) electrons. The minimum absolute atomic E-state index is 0.136. The molecule has 3 aromatic carbocycles. The lowest BCUT2D eigenvalue weighted by molar-refractivity contribution is -0.131. The predicted molar refractivity (Wildman–Crippen MR) is 116 cm³/mol. The van der Waals surface area contributed by atoms with E-state index in [9.17, 15) is 14.9 Å². The number of nitrogens with zero attached hydrogens (tertiary/aromatic N) is 2. The van der Waals surface area contributed by atoms with Gasteiger partial charge in [-0.05, 0) is 47.4 Å². The van der Waals surface area contributed by atoms with E-state index in [0.717, 1.165) is 16.7 Å². The molecule has 1 atom stereocenters. The standard InChI is InChI=1S/C25H19N3O4/c1-25(19-10-11-21-22(12-19)32-15-31-21)23(29)28(24(30)27-25)14-16-6-8-17(9-7-16)20-5-3-2-4-18(20)13-26/h2-12H,14-15H2,1H3,(H,27,30)/t25-/m1/s1. The van der Waals surface area contributed by atoms with E-state index in [1.54, 1.807) is 31.2 Å². The maximum absolute atomic E-state index is 13.2. The van der Waals surface area contributed by atoms with Gasteiger partial charge in [-0.15, -0.1) is 0 Å². The van der Waals surface area contributed by atoms with E-state index in [2.05, 4.69) is 11.4 Å². The summed E-state index contributed by atoms with van der Waals surface area (Å²) in [7, 11) is 0. The molecule has 1 saturated heterocycles. The van der Waals surface area contributed by atoms with Crippen molar-refractivity contribution in [3.05, 3.63) is 83.4 Å². The van der Waals surface area contributed by atoms with Gasteiger partial charge in [0.15, 0.2) is 11.5 Å². The minimum Gasteiger partial charge on any atom is -0.454 e. The van der Waals surface area contributed by atoms with E-state index in [0.29, 0.717) is 22.6 Å². The molecule has 0 saturated carbocycles. The lowest BCUT2D eigenvalue weighted by Crippen LogP contribution is -2.40. The Labute approximate surface area is 184 Å². The summed E-state index contributed by atoms with van der Waals surface area (Å²) in [5, 5.41) is 12.1. The first-order valence-electron chi connectivity index (χ1n) is 10.1. The zero-order valence-electron chi connectivity index (χ0n) is 17.3. The molecular formula is C25H19N3O4. The summed E-state index contributed by atoms with van der Waals surface area (Å²) < 4.78 is 10.7. The second-order valence-corrected chi connectivity index (χ2v) is 7.87. The number of urea groups is 1. The van der Waals surface area contributed by atoms with Crippen LogP contribution in [-0.2, 0) is 16.9 Å². The molecule has 2 heterocycles. The summed E-state index contributed by atoms with van der Waals surface area (Å²) in [6, 6.07) is 21.8. The lowest BCUT2D eigenvalue weighted by atomic mass is 9.91. The third kappa shape index (κ3) is 3.13. The van der Waals surface area contributed by atoms with Gasteiger partial charge in [-0.2, -0.15) is 5.26 Å². The summed E-state index contributed by atoms with van der Waals surface area (Å²) in [5.74, 6) is 0.835. The van der Waals surface area contributed by atoms with E-state index in [1.807, 2.05) is 42.5 Å². The Morgan fingerprint density at radius 2 is 1.78 bits per heavy atom. The number of amides is 3. The van der Waals surface area contributed by atoms with Gasteiger partial charge in [0.1, 0.15) is 5.54 Å². The monoisotopic (exact) mass is 425 g/mol. The van der Waals surface area contributed by atoms with E-state index < -0.39 is 11.6 Å². The number of rotatable bonds is 4. The van der Waals surface area contributed by atoms with Gasteiger partial charge in [-0.1, -0.05) is 48.5 Å². The smallest absolute Gasteiger partial charge is 0.325 e. The van der Waals surface area contributed by atoms with Crippen LogP contribution >= 0.6 is 0 Å². The average molecular weight is 425 g/mol. The van der Waals surface area contributed by atoms with Crippen LogP contribution in [0.3, 0.4) is 0 Å². The molecule has 0 bridgehead atoms. The van der Waals surface area contributed by atoms with E-state index >= 15 is 0 Å². The normalized spacial score (nSPS) is 19.1. The molecule has 3 amide bonds. The van der Waals surface area contributed by atoms with Gasteiger partial charge >= 0.3 is 6.03 Å². The zero-order valence-corrected chi connectivity index (χ0v) is 17.3. The largest absolute Gasteiger partial charge is 0.454 e. The Kier molecular flexibility index (Phi) is 4.56. The van der Waals surface area contributed by atoms with Crippen LogP contribution in [0.1, 0.15) is 23.6 Å². The molecule has 5 rings (SSSR count). The van der Waals surface area contributed by atoms with Crippen molar-refractivity contribution < 1.29 is 19.1 Å². The summed E-state index contributed by atoms with van der Waals surface area (Å²) in [6.45, 7) is 1.97. The van der Waals surface area contributed by atoms with Crippen molar-refractivity contribution in [3.8, 4) is 28.7 Å². The Balaban J connectivity index is 1.37. The second kappa shape index (κ2) is 7.43. The van der Waals surface area contributed by atoms with Gasteiger partial charge in [-0.25, -0.2) is 4.79 Å². The fourth-order valence-corrected chi connectivity index (χ4v) is 4.05. The number of fused-ring (bicyclic) bond motifs is 1. The molecule has 32 heavy (non-hydrogen) atoms. The fourth-order valence-electron chi connectivity index (χ4n) is 4.05. The van der Waals surface area contributed by atoms with Crippen molar-refractivity contribution >= 4 is 11.9 Å². The van der Waals surface area contributed by atoms with Crippen molar-refractivity contribution in [2.75, 3.05) is 6.79 Å². The van der Waals surface area contributed by atoms with E-state index in [4.69, 9.17) is 9.47 Å². The van der Waals surface area contributed by atoms with Crippen LogP contribution in [-0.4, -0.2) is 23.6 Å². The summed E-state index contributed by atoms with van der Waals surface area (Å²) in [5.41, 5.74) is 2.57. The third-order valence-corrected chi connectivity index (χ3v) is 5.88. The minimum atomic E-state index is -1.19. The Hall–Kier alpha value is -4.31. The first kappa shape index (κ1) is 19.6. The number of imide groups is 1. The van der Waals surface area contributed by atoms with Crippen LogP contribution in [0.2, 0.25) is 0 Å². The van der Waals surface area contributed by atoms with Gasteiger partial charge in [0.2, 0.25) is 6.79 Å². The van der Waals surface area contributed by atoms with Crippen LogP contribution in [0, 0.1) is 11.3 Å². The van der Waals surface area contributed by atoms with Crippen LogP contribution in [0.5, 0.6) is 11.5 Å². The summed E-state index contributed by atoms with van der Waals surface area (Å²) in [6.07, 6.45) is 0. The molecule has 0 unspecified atom stereocenters. The highest BCUT2D eigenvalue weighted by atomic mass is 16.7. The van der Waals surface area contributed by atoms with Crippen molar-refractivity contribution in [3.63, 3.8) is 0 Å². The molecule has 3 aromatic rings. The maximum Gasteiger partial charge on any atom is 0.325 e. The number of hydrogen-bond acceptors (Lipinski definition) is 5. The van der Waals surface area contributed by atoms with Crippen molar-refractivity contribution in [1.82, 2.24) is 10.2 Å². The molecule has 0 aromatic heterocycles. The summed E-state index contributed by atoms with van der Waals surface area (Å²) in [4.78, 5) is 27.1. The molecule has 0 aliphatic carbocycles. The number of carbonyl (C=O) groups is 2. The van der Waals surface area contributed by atoms with Crippen LogP contribution in [0.25, 0.3) is 11.1 Å². The van der Waals surface area contributed by atoms with Crippen LogP contribution in [0.15, 0.2) is 66.7 Å². The number of carbonyl (C=O) groups excluding carboxylic acids is 2. The van der Waals surface area contributed by atoms with Gasteiger partial charge in [-0.3, -0.25) is 9.69 Å². The average Bonchev–Trinajstić information content (AvgIpc) is 3.38. The van der Waals surface area contributed by atoms with Crippen molar-refractivity contribution in [1.29, 1.82) is 5.26 Å². The predicted octanol–water partition coefficient (Wildman–Crippen LogP) is 3.92. The molecular weight excluding hydrogens is 406 g/mol. The lowest BCUT2D eigenvalue weighted by Gasteiger charge is -2.22. The molecule has 2 aliphatic heterocycles. The number of ether oxygens (including phenoxy) is 2. The number of benzene rings is 3. The topological polar surface area (TPSA) is 91.7 Å². The molecule has 1 N–H and O–H groups in total. The Morgan fingerprint density at radius 1 is 1.03 bits per heavy atom. The van der Waals surface area contributed by atoms with Crippen molar-refractivity contribution in [2.24, 2.45) is 0 Å². The maximum atomic E-state index is 13.2. The highest BCUT2D eigenvalue weighted by Crippen LogP contribution is 2.38. The Morgan fingerprint density at radius 3 is 2.56 bits per heavy atom. The quantitative estimate of drug-likeness (QED) is 0.640. The fraction of sp³-hybridized carbons (Fsp3) is 0.160. The first-order chi connectivity index (χ1) is 15.5. The Bertz CT molecular complexity index is 1280. The van der Waals surface area contributed by atoms with Gasteiger partial charge in [0, 0.05) is 0 Å². The molecule has 2 aliphatic rings. The number of nitrogens with one attached hydrogen (secondary N) is 1. The third-order valence-electron chi connectivity index (χ3n) is 5.88. The summed E-state index contributed by atoms with van der Waals surface area (Å²) >= 11 is 0. The second-order valence-electron chi connectivity index (χ2n) is 7.87. The van der Waals surface area contributed by atoms with Crippen LogP contribution in [0.4, 0.5) is 4.79 Å². The van der Waals surface area contributed by atoms with Gasteiger partial charge < -0.3 is 14.8 Å². The molecule has 7 nitrogen and oxygen atoms in total. The number of nitriles is 1. The first-order valence-corrected chi connectivity index (χ1v) is 10.1. The molecule has 1 fully saturated rings. The van der Waals surface area contributed by atoms with Gasteiger partial charge in [0.05, 0.1) is 18.2 Å². The zero-order chi connectivity index (χ0) is 22.3. The van der Waals surface area contributed by atoms with Gasteiger partial charge in [0.25, 0.3) is 5.91 Å². The molecule has 0 spiro atoms. The van der Waals surface area contributed by atoms with E-state index in [-0.39, 0.29) is 19.2 Å². The highest BCUT2D eigenvalue weighted by Gasteiger charge is 2.49. The van der Waals surface area contributed by atoms with Crippen LogP contribution < -0.4 is 14.8 Å². The molecule has 158 valence electrons. The van der Waals surface area contributed by atoms with Crippen molar-refractivity contribution in [2.45, 2.75) is 19.0 Å². The highest BCUT2D eigenvalue weighted by molar-refractivity contribution is 6.07. The number of hydrogen-bond donors (Lipinski definition) is 1. The molecule has 7 heteroatoms. The van der Waals surface area contributed by atoms with E-state index in [1.165, 1.54) is 4.90 Å². The SMILES string of the molecule is C[C@]1(c2ccc3c(c2)OCO3)NC(=O)N(Cc2ccc(-c3ccccc3C#N)cc2)C1=O.